The molecule has 2 amide bonds. The molecule has 4 aliphatic heterocycles. The molecule has 2 atom stereocenters. The normalized spacial score (nSPS) is 16.5. The van der Waals surface area contributed by atoms with Gasteiger partial charge in [0.15, 0.2) is 11.6 Å². The molecule has 6 aromatic heterocycles. The average molecular weight is 769 g/mol. The maximum atomic E-state index is 13.2. The van der Waals surface area contributed by atoms with Gasteiger partial charge in [0, 0.05) is 85.7 Å². The van der Waals surface area contributed by atoms with Crippen molar-refractivity contribution >= 4 is 40.4 Å². The quantitative estimate of drug-likeness (QED) is 0.180. The Morgan fingerprint density at radius 2 is 1.43 bits per heavy atom. The molecule has 10 rings (SSSR count). The van der Waals surface area contributed by atoms with E-state index in [0.717, 1.165) is 78.7 Å². The first-order valence-corrected chi connectivity index (χ1v) is 19.0. The molecule has 2 saturated heterocycles. The summed E-state index contributed by atoms with van der Waals surface area (Å²) in [6.45, 7) is 7.44. The van der Waals surface area contributed by atoms with Gasteiger partial charge in [-0.25, -0.2) is 14.8 Å². The van der Waals surface area contributed by atoms with Crippen molar-refractivity contribution < 1.29 is 4.79 Å². The van der Waals surface area contributed by atoms with Crippen LogP contribution < -0.4 is 31.1 Å². The number of nitriles is 2. The fourth-order valence-corrected chi connectivity index (χ4v) is 7.47. The third kappa shape index (κ3) is 7.74. The molecule has 0 aliphatic carbocycles. The molecule has 2 fully saturated rings. The number of carbonyl (C=O) groups is 1. The molecular weight excluding hydrogens is 729 g/mol. The lowest BCUT2D eigenvalue weighted by molar-refractivity contribution is 0.255. The van der Waals surface area contributed by atoms with E-state index in [1.54, 1.807) is 66.3 Å². The van der Waals surface area contributed by atoms with E-state index in [2.05, 4.69) is 52.5 Å². The zero-order valence-corrected chi connectivity index (χ0v) is 32.0. The molecule has 4 N–H and O–H groups in total. The minimum Gasteiger partial charge on any atom is -0.397 e. The van der Waals surface area contributed by atoms with Gasteiger partial charge >= 0.3 is 6.03 Å². The molecule has 0 radical (unpaired) electrons. The van der Waals surface area contributed by atoms with Crippen LogP contribution in [0, 0.1) is 36.5 Å². The van der Waals surface area contributed by atoms with Crippen molar-refractivity contribution in [3.05, 3.63) is 120 Å². The van der Waals surface area contributed by atoms with Gasteiger partial charge < -0.3 is 26.2 Å². The predicted octanol–water partition coefficient (Wildman–Crippen LogP) is 6.34. The van der Waals surface area contributed by atoms with E-state index in [1.807, 2.05) is 50.2 Å². The van der Waals surface area contributed by atoms with Crippen molar-refractivity contribution in [2.45, 2.75) is 38.8 Å². The molecule has 0 saturated carbocycles. The lowest BCUT2D eigenvalue weighted by Crippen LogP contribution is -2.48. The van der Waals surface area contributed by atoms with Gasteiger partial charge in [0.2, 0.25) is 0 Å². The van der Waals surface area contributed by atoms with E-state index < -0.39 is 0 Å². The molecule has 6 aromatic rings. The maximum Gasteiger partial charge on any atom is 0.327 e. The van der Waals surface area contributed by atoms with Crippen molar-refractivity contribution in [1.29, 1.82) is 10.5 Å². The number of nitrogens with zero attached hydrogens (tertiary/aromatic N) is 11. The van der Waals surface area contributed by atoms with E-state index in [0.29, 0.717) is 45.7 Å². The predicted molar refractivity (Wildman–Crippen MR) is 223 cm³/mol. The van der Waals surface area contributed by atoms with Crippen LogP contribution in [0.3, 0.4) is 0 Å². The molecule has 0 unspecified atom stereocenters. The highest BCUT2D eigenvalue weighted by Crippen LogP contribution is 2.42. The number of hydrogen-bond acceptors (Lipinski definition) is 13. The number of urea groups is 1. The van der Waals surface area contributed by atoms with Gasteiger partial charge in [-0.2, -0.15) is 10.5 Å². The summed E-state index contributed by atoms with van der Waals surface area (Å²) in [4.78, 5) is 45.4. The van der Waals surface area contributed by atoms with Crippen LogP contribution in [0.2, 0.25) is 0 Å². The Balaban J connectivity index is 0.000000144. The molecule has 58 heavy (non-hydrogen) atoms. The molecule has 10 heterocycles. The summed E-state index contributed by atoms with van der Waals surface area (Å²) in [7, 11) is 0. The standard InChI is InChI=1S/C22H19N7O.C16H15N5.C5H6N2/c1-14-4-5-15(11-25-14)20-16(10-23)9-19-21(27-20)29(18-6-8-28(19)13-18)22(30)26-17-3-2-7-24-12-17;1-10-2-3-11(8-18-10)15-12(7-17)6-14-16(20-15)19-13-4-5-21(14)9-13;6-5-2-1-3-7-4-5/h2-5,7,9,11-12,18H,6,8,13H2,1H3,(H,26,30);2-3,6,8,13H,4-5,9H2,1H3,(H,19,20);1-4H,6H2/t18-;13-;/m00./s1. The molecule has 0 spiro atoms. The summed E-state index contributed by atoms with van der Waals surface area (Å²) < 4.78 is 0. The highest BCUT2D eigenvalue weighted by molar-refractivity contribution is 6.05. The number of aromatic nitrogens is 6. The number of carbonyl (C=O) groups excluding carboxylic acids is 1. The van der Waals surface area contributed by atoms with E-state index in [9.17, 15) is 15.3 Å². The Bertz CT molecular complexity index is 2520. The number of nitrogens with two attached hydrogens (primary N) is 1. The Kier molecular flexibility index (Phi) is 10.4. The summed E-state index contributed by atoms with van der Waals surface area (Å²) in [6, 6.07) is 23.4. The van der Waals surface area contributed by atoms with Gasteiger partial charge in [-0.15, -0.1) is 0 Å². The Morgan fingerprint density at radius 1 is 0.793 bits per heavy atom. The molecule has 4 bridgehead atoms. The first-order valence-electron chi connectivity index (χ1n) is 19.0. The number of nitrogen functional groups attached to an aromatic ring is 1. The summed E-state index contributed by atoms with van der Waals surface area (Å²) in [5.41, 5.74) is 14.3. The summed E-state index contributed by atoms with van der Waals surface area (Å²) in [6.07, 6.45) is 12.0. The second-order valence-corrected chi connectivity index (χ2v) is 14.4. The van der Waals surface area contributed by atoms with Crippen molar-refractivity contribution in [1.82, 2.24) is 29.9 Å². The van der Waals surface area contributed by atoms with Crippen LogP contribution in [-0.2, 0) is 0 Å². The van der Waals surface area contributed by atoms with Crippen LogP contribution in [0.1, 0.15) is 35.4 Å². The highest BCUT2D eigenvalue weighted by Gasteiger charge is 2.41. The second kappa shape index (κ2) is 16.2. The molecular formula is C43H40N14O. The van der Waals surface area contributed by atoms with E-state index in [-0.39, 0.29) is 12.1 Å². The zero-order chi connectivity index (χ0) is 40.2. The molecule has 288 valence electrons. The van der Waals surface area contributed by atoms with Crippen LogP contribution in [0.4, 0.5) is 39.2 Å². The zero-order valence-electron chi connectivity index (χ0n) is 32.0. The number of pyridine rings is 6. The van der Waals surface area contributed by atoms with Gasteiger partial charge in [0.1, 0.15) is 12.1 Å². The Labute approximate surface area is 335 Å². The van der Waals surface area contributed by atoms with Gasteiger partial charge in [-0.3, -0.25) is 24.8 Å². The lowest BCUT2D eigenvalue weighted by Gasteiger charge is -2.36. The van der Waals surface area contributed by atoms with Gasteiger partial charge in [-0.05, 0) is 87.4 Å². The third-order valence-corrected chi connectivity index (χ3v) is 10.4. The number of anilines is 6. The SMILES string of the molecule is Cc1ccc(-c2nc3c(cc2C#N)N2CC[C@@H](C2)N3)cn1.Cc1ccc(-c2nc3c(cc2C#N)N2CC[C@@H](C2)N3C(=O)Nc2cccnc2)cn1.Nc1cccnc1. The first kappa shape index (κ1) is 37.3. The van der Waals surface area contributed by atoms with Crippen molar-refractivity contribution in [2.75, 3.05) is 57.2 Å². The molecule has 0 aromatic carbocycles. The van der Waals surface area contributed by atoms with E-state index in [1.165, 1.54) is 0 Å². The monoisotopic (exact) mass is 768 g/mol. The minimum atomic E-state index is -0.249. The summed E-state index contributed by atoms with van der Waals surface area (Å²) in [5, 5.41) is 25.6. The number of rotatable bonds is 3. The maximum absolute atomic E-state index is 13.2. The third-order valence-electron chi connectivity index (χ3n) is 10.4. The van der Waals surface area contributed by atoms with E-state index >= 15 is 0 Å². The average Bonchev–Trinajstić information content (AvgIpc) is 3.86. The first-order chi connectivity index (χ1) is 28.3. The fourth-order valence-electron chi connectivity index (χ4n) is 7.47. The van der Waals surface area contributed by atoms with Crippen LogP contribution in [0.5, 0.6) is 0 Å². The summed E-state index contributed by atoms with van der Waals surface area (Å²) >= 11 is 0. The Hall–Kier alpha value is -7.65. The fraction of sp³-hybridized carbons (Fsp3) is 0.233. The van der Waals surface area contributed by atoms with Crippen LogP contribution in [-0.4, -0.2) is 74.2 Å². The van der Waals surface area contributed by atoms with Crippen molar-refractivity contribution in [3.63, 3.8) is 0 Å². The molecule has 15 heteroatoms. The van der Waals surface area contributed by atoms with E-state index in [4.69, 9.17) is 15.7 Å². The van der Waals surface area contributed by atoms with Gasteiger partial charge in [0.05, 0.1) is 57.5 Å². The number of hydrogen-bond donors (Lipinski definition) is 3. The van der Waals surface area contributed by atoms with Crippen molar-refractivity contribution in [2.24, 2.45) is 0 Å². The smallest absolute Gasteiger partial charge is 0.327 e. The number of nitrogens with one attached hydrogen (secondary N) is 2. The number of aryl methyl sites for hydroxylation is 2. The molecule has 15 nitrogen and oxygen atoms in total. The second-order valence-electron chi connectivity index (χ2n) is 14.4. The van der Waals surface area contributed by atoms with Crippen molar-refractivity contribution in [3.8, 4) is 34.7 Å². The van der Waals surface area contributed by atoms with Crippen LogP contribution in [0.15, 0.2) is 97.8 Å². The number of fused-ring (bicyclic) bond motifs is 8. The summed E-state index contributed by atoms with van der Waals surface area (Å²) in [5.74, 6) is 1.46. The number of amides is 2. The highest BCUT2D eigenvalue weighted by atomic mass is 16.2. The van der Waals surface area contributed by atoms with Gasteiger partial charge in [-0.1, -0.05) is 0 Å². The van der Waals surface area contributed by atoms with Crippen LogP contribution in [0.25, 0.3) is 22.5 Å². The Morgan fingerprint density at radius 3 is 2.02 bits per heavy atom. The van der Waals surface area contributed by atoms with Crippen LogP contribution >= 0.6 is 0 Å². The lowest BCUT2D eigenvalue weighted by atomic mass is 10.1. The minimum absolute atomic E-state index is 0.0265. The van der Waals surface area contributed by atoms with Gasteiger partial charge in [0.25, 0.3) is 0 Å². The topological polar surface area (TPSA) is 202 Å². The molecule has 4 aliphatic rings. The largest absolute Gasteiger partial charge is 0.397 e.